The van der Waals surface area contributed by atoms with Crippen LogP contribution < -0.4 is 10.1 Å². The van der Waals surface area contributed by atoms with Crippen LogP contribution in [0.25, 0.3) is 10.9 Å². The minimum atomic E-state index is 0.139. The molecule has 0 fully saturated rings. The van der Waals surface area contributed by atoms with Crippen LogP contribution in [0.5, 0.6) is 5.75 Å². The first-order valence-electron chi connectivity index (χ1n) is 7.44. The standard InChI is InChI=1S/C19H20N2O/c1-13-9-10-19(22-3)16(12-13)14(2)21-18-8-4-7-17-15(18)6-5-11-20-17/h4-12,14,21H,1-3H3. The Balaban J connectivity index is 1.97. The number of ether oxygens (including phenoxy) is 1. The molecule has 22 heavy (non-hydrogen) atoms. The number of pyridine rings is 1. The van der Waals surface area contributed by atoms with Gasteiger partial charge in [-0.1, -0.05) is 23.8 Å². The molecule has 0 spiro atoms. The number of methoxy groups -OCH3 is 1. The Kier molecular flexibility index (Phi) is 3.96. The van der Waals surface area contributed by atoms with Crippen molar-refractivity contribution in [3.63, 3.8) is 0 Å². The van der Waals surface area contributed by atoms with Gasteiger partial charge >= 0.3 is 0 Å². The molecule has 0 amide bonds. The zero-order valence-electron chi connectivity index (χ0n) is 13.1. The molecule has 1 atom stereocenters. The molecule has 0 aliphatic heterocycles. The van der Waals surface area contributed by atoms with E-state index in [1.54, 1.807) is 7.11 Å². The predicted molar refractivity (Wildman–Crippen MR) is 91.5 cm³/mol. The van der Waals surface area contributed by atoms with Crippen LogP contribution in [0.15, 0.2) is 54.7 Å². The Morgan fingerprint density at radius 2 is 1.95 bits per heavy atom. The van der Waals surface area contributed by atoms with Gasteiger partial charge in [0.1, 0.15) is 5.75 Å². The molecular formula is C19H20N2O. The van der Waals surface area contributed by atoms with Crippen LogP contribution in [0.2, 0.25) is 0 Å². The smallest absolute Gasteiger partial charge is 0.124 e. The molecule has 1 heterocycles. The number of nitrogens with zero attached hydrogens (tertiary/aromatic N) is 1. The molecule has 0 aliphatic rings. The van der Waals surface area contributed by atoms with Gasteiger partial charge in [0, 0.05) is 22.8 Å². The number of hydrogen-bond acceptors (Lipinski definition) is 3. The zero-order chi connectivity index (χ0) is 15.5. The molecule has 0 saturated carbocycles. The molecule has 0 radical (unpaired) electrons. The van der Waals surface area contributed by atoms with Crippen molar-refractivity contribution in [2.45, 2.75) is 19.9 Å². The Hall–Kier alpha value is -2.55. The molecule has 3 heteroatoms. The minimum Gasteiger partial charge on any atom is -0.496 e. The normalized spacial score (nSPS) is 12.1. The molecule has 112 valence electrons. The lowest BCUT2D eigenvalue weighted by molar-refractivity contribution is 0.408. The van der Waals surface area contributed by atoms with Gasteiger partial charge in [0.05, 0.1) is 18.7 Å². The van der Waals surface area contributed by atoms with E-state index in [0.717, 1.165) is 27.9 Å². The van der Waals surface area contributed by atoms with Crippen molar-refractivity contribution in [3.8, 4) is 5.75 Å². The third kappa shape index (κ3) is 2.75. The number of aromatic nitrogens is 1. The molecule has 3 rings (SSSR count). The van der Waals surface area contributed by atoms with E-state index in [1.165, 1.54) is 5.56 Å². The third-order valence-electron chi connectivity index (χ3n) is 3.87. The lowest BCUT2D eigenvalue weighted by atomic mass is 10.0. The topological polar surface area (TPSA) is 34.1 Å². The highest BCUT2D eigenvalue weighted by Gasteiger charge is 2.13. The number of anilines is 1. The molecule has 1 aromatic heterocycles. The average Bonchev–Trinajstić information content (AvgIpc) is 2.55. The number of hydrogen-bond donors (Lipinski definition) is 1. The highest BCUT2D eigenvalue weighted by atomic mass is 16.5. The van der Waals surface area contributed by atoms with Gasteiger partial charge in [-0.2, -0.15) is 0 Å². The largest absolute Gasteiger partial charge is 0.496 e. The number of aryl methyl sites for hydroxylation is 1. The van der Waals surface area contributed by atoms with Crippen molar-refractivity contribution in [2.75, 3.05) is 12.4 Å². The maximum Gasteiger partial charge on any atom is 0.124 e. The van der Waals surface area contributed by atoms with Crippen molar-refractivity contribution in [2.24, 2.45) is 0 Å². The summed E-state index contributed by atoms with van der Waals surface area (Å²) in [6.07, 6.45) is 1.82. The van der Waals surface area contributed by atoms with E-state index in [0.29, 0.717) is 0 Å². The van der Waals surface area contributed by atoms with Gasteiger partial charge in [-0.05, 0) is 44.2 Å². The van der Waals surface area contributed by atoms with Crippen molar-refractivity contribution >= 4 is 16.6 Å². The number of rotatable bonds is 4. The Labute approximate surface area is 131 Å². The van der Waals surface area contributed by atoms with E-state index in [4.69, 9.17) is 4.74 Å². The SMILES string of the molecule is COc1ccc(C)cc1C(C)Nc1cccc2ncccc12. The summed E-state index contributed by atoms with van der Waals surface area (Å²) in [6.45, 7) is 4.24. The molecule has 0 saturated heterocycles. The first kappa shape index (κ1) is 14.4. The molecule has 1 unspecified atom stereocenters. The number of fused-ring (bicyclic) bond motifs is 1. The summed E-state index contributed by atoms with van der Waals surface area (Å²) in [5, 5.41) is 4.71. The van der Waals surface area contributed by atoms with E-state index < -0.39 is 0 Å². The second-order valence-corrected chi connectivity index (χ2v) is 5.49. The number of nitrogens with one attached hydrogen (secondary N) is 1. The van der Waals surface area contributed by atoms with E-state index in [-0.39, 0.29) is 6.04 Å². The zero-order valence-corrected chi connectivity index (χ0v) is 13.1. The van der Waals surface area contributed by atoms with Gasteiger partial charge in [0.25, 0.3) is 0 Å². The van der Waals surface area contributed by atoms with Gasteiger partial charge < -0.3 is 10.1 Å². The molecular weight excluding hydrogens is 272 g/mol. The average molecular weight is 292 g/mol. The first-order chi connectivity index (χ1) is 10.7. The van der Waals surface area contributed by atoms with Gasteiger partial charge in [-0.15, -0.1) is 0 Å². The van der Waals surface area contributed by atoms with Crippen LogP contribution in [0, 0.1) is 6.92 Å². The van der Waals surface area contributed by atoms with E-state index in [1.807, 2.05) is 30.5 Å². The van der Waals surface area contributed by atoms with Crippen molar-refractivity contribution in [3.05, 3.63) is 65.9 Å². The summed E-state index contributed by atoms with van der Waals surface area (Å²) in [5.74, 6) is 0.906. The van der Waals surface area contributed by atoms with E-state index >= 15 is 0 Å². The fraction of sp³-hybridized carbons (Fsp3) is 0.211. The maximum atomic E-state index is 5.49. The van der Waals surface area contributed by atoms with E-state index in [2.05, 4.69) is 48.4 Å². The Bertz CT molecular complexity index is 793. The summed E-state index contributed by atoms with van der Waals surface area (Å²) in [4.78, 5) is 4.41. The summed E-state index contributed by atoms with van der Waals surface area (Å²) < 4.78 is 5.49. The van der Waals surface area contributed by atoms with Crippen LogP contribution in [0.3, 0.4) is 0 Å². The van der Waals surface area contributed by atoms with Crippen molar-refractivity contribution < 1.29 is 4.74 Å². The van der Waals surface area contributed by atoms with Gasteiger partial charge in [0.2, 0.25) is 0 Å². The van der Waals surface area contributed by atoms with Crippen LogP contribution in [0.1, 0.15) is 24.1 Å². The summed E-state index contributed by atoms with van der Waals surface area (Å²) in [7, 11) is 1.71. The molecule has 3 aromatic rings. The van der Waals surface area contributed by atoms with E-state index in [9.17, 15) is 0 Å². The highest BCUT2D eigenvalue weighted by Crippen LogP contribution is 2.31. The second kappa shape index (κ2) is 6.06. The Morgan fingerprint density at radius 1 is 1.09 bits per heavy atom. The lowest BCUT2D eigenvalue weighted by Crippen LogP contribution is -2.09. The monoisotopic (exact) mass is 292 g/mol. The quantitative estimate of drug-likeness (QED) is 0.755. The second-order valence-electron chi connectivity index (χ2n) is 5.49. The molecule has 0 bridgehead atoms. The number of benzene rings is 2. The van der Waals surface area contributed by atoms with Crippen LogP contribution in [-0.2, 0) is 0 Å². The van der Waals surface area contributed by atoms with Crippen LogP contribution >= 0.6 is 0 Å². The van der Waals surface area contributed by atoms with Crippen LogP contribution in [-0.4, -0.2) is 12.1 Å². The maximum absolute atomic E-state index is 5.49. The molecule has 1 N–H and O–H groups in total. The Morgan fingerprint density at radius 3 is 2.77 bits per heavy atom. The first-order valence-corrected chi connectivity index (χ1v) is 7.44. The fourth-order valence-electron chi connectivity index (χ4n) is 2.73. The summed E-state index contributed by atoms with van der Waals surface area (Å²) >= 11 is 0. The fourth-order valence-corrected chi connectivity index (χ4v) is 2.73. The van der Waals surface area contributed by atoms with Crippen molar-refractivity contribution in [1.29, 1.82) is 0 Å². The van der Waals surface area contributed by atoms with Crippen LogP contribution in [0.4, 0.5) is 5.69 Å². The lowest BCUT2D eigenvalue weighted by Gasteiger charge is -2.20. The van der Waals surface area contributed by atoms with Gasteiger partial charge in [-0.3, -0.25) is 4.98 Å². The molecule has 3 nitrogen and oxygen atoms in total. The predicted octanol–water partition coefficient (Wildman–Crippen LogP) is 4.72. The van der Waals surface area contributed by atoms with Crippen molar-refractivity contribution in [1.82, 2.24) is 4.98 Å². The molecule has 2 aromatic carbocycles. The van der Waals surface area contributed by atoms with Gasteiger partial charge in [0.15, 0.2) is 0 Å². The molecule has 0 aliphatic carbocycles. The minimum absolute atomic E-state index is 0.139. The summed E-state index contributed by atoms with van der Waals surface area (Å²) in [5.41, 5.74) is 4.46. The third-order valence-corrected chi connectivity index (χ3v) is 3.87. The summed E-state index contributed by atoms with van der Waals surface area (Å²) in [6, 6.07) is 16.6. The van der Waals surface area contributed by atoms with Gasteiger partial charge in [-0.25, -0.2) is 0 Å². The highest BCUT2D eigenvalue weighted by molar-refractivity contribution is 5.91.